The predicted molar refractivity (Wildman–Crippen MR) is 63.4 cm³/mol. The minimum Gasteiger partial charge on any atom is -0.385 e. The Morgan fingerprint density at radius 1 is 1.47 bits per heavy atom. The average molecular weight is 228 g/mol. The fourth-order valence-electron chi connectivity index (χ4n) is 1.28. The molecule has 15 heavy (non-hydrogen) atoms. The summed E-state index contributed by atoms with van der Waals surface area (Å²) in [6.45, 7) is 8.17. The van der Waals surface area contributed by atoms with Crippen LogP contribution in [-0.2, 0) is 16.7 Å². The first-order valence-electron chi connectivity index (χ1n) is 5.19. The van der Waals surface area contributed by atoms with Crippen molar-refractivity contribution in [3.8, 4) is 0 Å². The molecule has 0 unspecified atom stereocenters. The molecule has 86 valence electrons. The van der Waals surface area contributed by atoms with Crippen LogP contribution in [0.5, 0.6) is 0 Å². The molecule has 3 nitrogen and oxygen atoms in total. The maximum atomic E-state index is 7.85. The van der Waals surface area contributed by atoms with Gasteiger partial charge >= 0.3 is 0 Å². The fourth-order valence-corrected chi connectivity index (χ4v) is 2.24. The summed E-state index contributed by atoms with van der Waals surface area (Å²) in [7, 11) is 1.71. The van der Waals surface area contributed by atoms with Gasteiger partial charge in [0.2, 0.25) is 0 Å². The Labute approximate surface area is 95.2 Å². The highest BCUT2D eigenvalue weighted by Crippen LogP contribution is 2.24. The van der Waals surface area contributed by atoms with Crippen LogP contribution in [0.25, 0.3) is 0 Å². The van der Waals surface area contributed by atoms with Crippen LogP contribution in [0.4, 0.5) is 0 Å². The number of thiazole rings is 1. The van der Waals surface area contributed by atoms with Crippen LogP contribution < -0.4 is 4.80 Å². The van der Waals surface area contributed by atoms with E-state index < -0.39 is 0 Å². The molecule has 1 aromatic heterocycles. The summed E-state index contributed by atoms with van der Waals surface area (Å²) in [6.07, 6.45) is 3.07. The highest BCUT2D eigenvalue weighted by molar-refractivity contribution is 7.09. The highest BCUT2D eigenvalue weighted by atomic mass is 32.1. The largest absolute Gasteiger partial charge is 0.385 e. The Morgan fingerprint density at radius 2 is 2.13 bits per heavy atom. The van der Waals surface area contributed by atoms with Gasteiger partial charge in [0, 0.05) is 31.3 Å². The number of aromatic nitrogens is 1. The molecule has 1 rings (SSSR count). The zero-order chi connectivity index (χ0) is 11.5. The Morgan fingerprint density at radius 3 is 2.60 bits per heavy atom. The number of methoxy groups -OCH3 is 1. The number of hydrogen-bond donors (Lipinski definition) is 1. The lowest BCUT2D eigenvalue weighted by atomic mass is 9.95. The van der Waals surface area contributed by atoms with E-state index in [-0.39, 0.29) is 5.41 Å². The third-order valence-corrected chi connectivity index (χ3v) is 3.59. The summed E-state index contributed by atoms with van der Waals surface area (Å²) in [5, 5.41) is 7.85. The summed E-state index contributed by atoms with van der Waals surface area (Å²) >= 11 is 1.57. The number of hydrogen-bond acceptors (Lipinski definition) is 3. The summed E-state index contributed by atoms with van der Waals surface area (Å²) in [6, 6.07) is 0. The second kappa shape index (κ2) is 4.94. The van der Waals surface area contributed by atoms with Gasteiger partial charge < -0.3 is 9.30 Å². The molecule has 1 N–H and O–H groups in total. The molecule has 4 heteroatoms. The van der Waals surface area contributed by atoms with E-state index in [1.165, 1.54) is 4.88 Å². The molecule has 0 amide bonds. The lowest BCUT2D eigenvalue weighted by Gasteiger charge is -2.14. The van der Waals surface area contributed by atoms with E-state index in [0.717, 1.165) is 19.6 Å². The molecule has 0 radical (unpaired) electrons. The molecule has 0 atom stereocenters. The van der Waals surface area contributed by atoms with Crippen LogP contribution in [0, 0.1) is 5.41 Å². The van der Waals surface area contributed by atoms with E-state index in [4.69, 9.17) is 10.1 Å². The standard InChI is InChI=1S/C11H20N2OS/c1-11(2,3)9-8-13(10(12)15-9)6-5-7-14-4/h8,12H,5-7H2,1-4H3. The summed E-state index contributed by atoms with van der Waals surface area (Å²) in [4.78, 5) is 1.90. The topological polar surface area (TPSA) is 38.0 Å². The molecule has 0 saturated heterocycles. The molecule has 0 saturated carbocycles. The zero-order valence-electron chi connectivity index (χ0n) is 9.96. The van der Waals surface area contributed by atoms with Crippen LogP contribution in [0.3, 0.4) is 0 Å². The van der Waals surface area contributed by atoms with E-state index >= 15 is 0 Å². The molecule has 0 spiro atoms. The van der Waals surface area contributed by atoms with E-state index in [1.54, 1.807) is 18.4 Å². The summed E-state index contributed by atoms with van der Waals surface area (Å²) in [5.41, 5.74) is 0.146. The van der Waals surface area contributed by atoms with Gasteiger partial charge in [0.1, 0.15) is 0 Å². The molecular formula is C11H20N2OS. The van der Waals surface area contributed by atoms with Crippen molar-refractivity contribution >= 4 is 11.3 Å². The van der Waals surface area contributed by atoms with Gasteiger partial charge in [0.25, 0.3) is 0 Å². The average Bonchev–Trinajstić information content (AvgIpc) is 2.48. The Hall–Kier alpha value is -0.610. The fraction of sp³-hybridized carbons (Fsp3) is 0.727. The molecule has 0 fully saturated rings. The van der Waals surface area contributed by atoms with Crippen molar-refractivity contribution in [2.24, 2.45) is 0 Å². The van der Waals surface area contributed by atoms with E-state index in [0.29, 0.717) is 4.80 Å². The number of nitrogens with one attached hydrogen (secondary N) is 1. The van der Waals surface area contributed by atoms with Crippen molar-refractivity contribution in [3.63, 3.8) is 0 Å². The van der Waals surface area contributed by atoms with Gasteiger partial charge in [-0.25, -0.2) is 0 Å². The monoisotopic (exact) mass is 228 g/mol. The van der Waals surface area contributed by atoms with Gasteiger partial charge in [0.05, 0.1) is 0 Å². The molecular weight excluding hydrogens is 208 g/mol. The molecule has 0 aromatic carbocycles. The predicted octanol–water partition coefficient (Wildman–Crippen LogP) is 2.36. The molecule has 0 aliphatic rings. The second-order valence-electron chi connectivity index (χ2n) is 4.69. The first kappa shape index (κ1) is 12.5. The van der Waals surface area contributed by atoms with Crippen LogP contribution in [-0.4, -0.2) is 18.3 Å². The Balaban J connectivity index is 2.74. The van der Waals surface area contributed by atoms with E-state index in [2.05, 4.69) is 27.0 Å². The number of ether oxygens (including phenoxy) is 1. The number of rotatable bonds is 4. The maximum absolute atomic E-state index is 7.85. The SMILES string of the molecule is COCCCn1cc(C(C)(C)C)sc1=N. The first-order valence-corrected chi connectivity index (χ1v) is 6.01. The number of aryl methyl sites for hydroxylation is 1. The highest BCUT2D eigenvalue weighted by Gasteiger charge is 2.16. The number of nitrogens with zero attached hydrogens (tertiary/aromatic N) is 1. The molecule has 1 aromatic rings. The van der Waals surface area contributed by atoms with Gasteiger partial charge in [-0.05, 0) is 11.8 Å². The van der Waals surface area contributed by atoms with Gasteiger partial charge in [-0.3, -0.25) is 5.41 Å². The first-order chi connectivity index (χ1) is 6.95. The van der Waals surface area contributed by atoms with Crippen LogP contribution in [0.15, 0.2) is 6.20 Å². The van der Waals surface area contributed by atoms with E-state index in [1.807, 2.05) is 4.57 Å². The molecule has 0 aliphatic carbocycles. The Kier molecular flexibility index (Phi) is 4.11. The second-order valence-corrected chi connectivity index (χ2v) is 5.72. The van der Waals surface area contributed by atoms with Crippen LogP contribution in [0.2, 0.25) is 0 Å². The van der Waals surface area contributed by atoms with Crippen LogP contribution in [0.1, 0.15) is 32.1 Å². The minimum absolute atomic E-state index is 0.146. The van der Waals surface area contributed by atoms with Crippen molar-refractivity contribution in [2.45, 2.75) is 39.2 Å². The summed E-state index contributed by atoms with van der Waals surface area (Å²) in [5.74, 6) is 0. The van der Waals surface area contributed by atoms with Crippen molar-refractivity contribution in [1.29, 1.82) is 5.41 Å². The lowest BCUT2D eigenvalue weighted by Crippen LogP contribution is -2.13. The maximum Gasteiger partial charge on any atom is 0.182 e. The van der Waals surface area contributed by atoms with E-state index in [9.17, 15) is 0 Å². The van der Waals surface area contributed by atoms with Crippen molar-refractivity contribution < 1.29 is 4.74 Å². The normalized spacial score (nSPS) is 12.0. The Bertz CT molecular complexity index is 359. The van der Waals surface area contributed by atoms with Gasteiger partial charge in [-0.1, -0.05) is 20.8 Å². The van der Waals surface area contributed by atoms with Gasteiger partial charge in [-0.15, -0.1) is 11.3 Å². The smallest absolute Gasteiger partial charge is 0.182 e. The van der Waals surface area contributed by atoms with Gasteiger partial charge in [0.15, 0.2) is 4.80 Å². The third-order valence-electron chi connectivity index (χ3n) is 2.23. The quantitative estimate of drug-likeness (QED) is 0.789. The summed E-state index contributed by atoms with van der Waals surface area (Å²) < 4.78 is 7.01. The molecule has 0 bridgehead atoms. The molecule has 0 aliphatic heterocycles. The lowest BCUT2D eigenvalue weighted by molar-refractivity contribution is 0.190. The van der Waals surface area contributed by atoms with Crippen molar-refractivity contribution in [1.82, 2.24) is 4.57 Å². The van der Waals surface area contributed by atoms with Crippen molar-refractivity contribution in [3.05, 3.63) is 15.9 Å². The third kappa shape index (κ3) is 3.47. The van der Waals surface area contributed by atoms with Crippen LogP contribution >= 0.6 is 11.3 Å². The molecule has 1 heterocycles. The zero-order valence-corrected chi connectivity index (χ0v) is 10.8. The van der Waals surface area contributed by atoms with Crippen molar-refractivity contribution in [2.75, 3.05) is 13.7 Å². The van der Waals surface area contributed by atoms with Gasteiger partial charge in [-0.2, -0.15) is 0 Å². The minimum atomic E-state index is 0.146.